The summed E-state index contributed by atoms with van der Waals surface area (Å²) >= 11 is 0. The zero-order valence-corrected chi connectivity index (χ0v) is 8.92. The number of nitrogens with one attached hydrogen (secondary N) is 1. The van der Waals surface area contributed by atoms with Crippen molar-refractivity contribution in [2.45, 2.75) is 18.9 Å². The van der Waals surface area contributed by atoms with E-state index in [4.69, 9.17) is 0 Å². The number of hydrogen-bond donors (Lipinski definition) is 2. The summed E-state index contributed by atoms with van der Waals surface area (Å²) in [5, 5.41) is 9.59. The van der Waals surface area contributed by atoms with Gasteiger partial charge in [0.05, 0.1) is 12.4 Å². The normalized spacial score (nSPS) is 19.1. The molecule has 0 bridgehead atoms. The molecule has 0 amide bonds. The number of rotatable bonds is 4. The SMILES string of the molecule is CS(=O)(=O)NCC(O)C1=CCCC=C1. The van der Waals surface area contributed by atoms with Crippen LogP contribution in [-0.2, 0) is 10.0 Å². The van der Waals surface area contributed by atoms with Crippen LogP contribution in [0.3, 0.4) is 0 Å². The van der Waals surface area contributed by atoms with Crippen LogP contribution in [0.4, 0.5) is 0 Å². The maximum absolute atomic E-state index is 10.8. The topological polar surface area (TPSA) is 66.4 Å². The molecule has 80 valence electrons. The summed E-state index contributed by atoms with van der Waals surface area (Å²) in [6.07, 6.45) is 7.94. The Kier molecular flexibility index (Phi) is 3.86. The summed E-state index contributed by atoms with van der Waals surface area (Å²) in [5.41, 5.74) is 0.785. The second-order valence-electron chi connectivity index (χ2n) is 3.32. The van der Waals surface area contributed by atoms with E-state index in [1.165, 1.54) is 0 Å². The predicted molar refractivity (Wildman–Crippen MR) is 55.3 cm³/mol. The highest BCUT2D eigenvalue weighted by Crippen LogP contribution is 2.12. The van der Waals surface area contributed by atoms with E-state index in [0.29, 0.717) is 0 Å². The van der Waals surface area contributed by atoms with Crippen molar-refractivity contribution in [1.82, 2.24) is 4.72 Å². The first kappa shape index (κ1) is 11.4. The van der Waals surface area contributed by atoms with Gasteiger partial charge in [-0.25, -0.2) is 13.1 Å². The Morgan fingerprint density at radius 2 is 2.29 bits per heavy atom. The molecule has 0 aromatic rings. The molecule has 1 aliphatic carbocycles. The van der Waals surface area contributed by atoms with Gasteiger partial charge in [0.1, 0.15) is 0 Å². The minimum absolute atomic E-state index is 0.0367. The van der Waals surface area contributed by atoms with Crippen molar-refractivity contribution in [3.63, 3.8) is 0 Å². The van der Waals surface area contributed by atoms with Gasteiger partial charge in [0, 0.05) is 6.54 Å². The molecule has 5 heteroatoms. The molecule has 0 saturated carbocycles. The lowest BCUT2D eigenvalue weighted by molar-refractivity contribution is 0.217. The minimum atomic E-state index is -3.22. The fourth-order valence-electron chi connectivity index (χ4n) is 1.23. The van der Waals surface area contributed by atoms with E-state index < -0.39 is 16.1 Å². The summed E-state index contributed by atoms with van der Waals surface area (Å²) in [7, 11) is -3.22. The molecule has 0 saturated heterocycles. The maximum Gasteiger partial charge on any atom is 0.208 e. The molecule has 0 fully saturated rings. The Labute approximate surface area is 84.4 Å². The molecule has 14 heavy (non-hydrogen) atoms. The zero-order valence-electron chi connectivity index (χ0n) is 8.10. The molecule has 0 spiro atoms. The van der Waals surface area contributed by atoms with E-state index >= 15 is 0 Å². The lowest BCUT2D eigenvalue weighted by Crippen LogP contribution is -2.32. The average molecular weight is 217 g/mol. The highest BCUT2D eigenvalue weighted by molar-refractivity contribution is 7.88. The van der Waals surface area contributed by atoms with E-state index in [0.717, 1.165) is 24.7 Å². The standard InChI is InChI=1S/C9H15NO3S/c1-14(12,13)10-7-9(11)8-5-3-2-4-6-8/h3,5-6,9-11H,2,4,7H2,1H3. The van der Waals surface area contributed by atoms with Crippen LogP contribution in [0.2, 0.25) is 0 Å². The Morgan fingerprint density at radius 3 is 2.79 bits per heavy atom. The van der Waals surface area contributed by atoms with Crippen molar-refractivity contribution < 1.29 is 13.5 Å². The van der Waals surface area contributed by atoms with Crippen LogP contribution in [-0.4, -0.2) is 32.4 Å². The first-order valence-corrected chi connectivity index (χ1v) is 6.37. The van der Waals surface area contributed by atoms with E-state index in [1.807, 2.05) is 18.2 Å². The third-order valence-corrected chi connectivity index (χ3v) is 2.64. The molecular formula is C9H15NO3S. The third-order valence-electron chi connectivity index (χ3n) is 1.95. The van der Waals surface area contributed by atoms with E-state index in [9.17, 15) is 13.5 Å². The van der Waals surface area contributed by atoms with Gasteiger partial charge in [-0.1, -0.05) is 18.2 Å². The fourth-order valence-corrected chi connectivity index (χ4v) is 1.69. The number of aliphatic hydroxyl groups excluding tert-OH is 1. The van der Waals surface area contributed by atoms with Gasteiger partial charge in [0.2, 0.25) is 10.0 Å². The first-order chi connectivity index (χ1) is 6.49. The monoisotopic (exact) mass is 217 g/mol. The van der Waals surface area contributed by atoms with E-state index in [1.54, 1.807) is 0 Å². The van der Waals surface area contributed by atoms with Crippen LogP contribution in [0.1, 0.15) is 12.8 Å². The number of hydrogen-bond acceptors (Lipinski definition) is 3. The Balaban J connectivity index is 2.46. The summed E-state index contributed by atoms with van der Waals surface area (Å²) < 4.78 is 23.8. The molecular weight excluding hydrogens is 202 g/mol. The lowest BCUT2D eigenvalue weighted by atomic mass is 10.0. The highest BCUT2D eigenvalue weighted by atomic mass is 32.2. The second kappa shape index (κ2) is 4.72. The first-order valence-electron chi connectivity index (χ1n) is 4.48. The van der Waals surface area contributed by atoms with Crippen LogP contribution in [0.15, 0.2) is 23.8 Å². The van der Waals surface area contributed by atoms with Gasteiger partial charge in [-0.05, 0) is 18.4 Å². The van der Waals surface area contributed by atoms with Gasteiger partial charge in [0.25, 0.3) is 0 Å². The number of allylic oxidation sites excluding steroid dienone is 2. The molecule has 0 radical (unpaired) electrons. The van der Waals surface area contributed by atoms with Crippen LogP contribution in [0.25, 0.3) is 0 Å². The second-order valence-corrected chi connectivity index (χ2v) is 5.15. The smallest absolute Gasteiger partial charge is 0.208 e. The maximum atomic E-state index is 10.8. The van der Waals surface area contributed by atoms with Gasteiger partial charge < -0.3 is 5.11 Å². The Bertz CT molecular complexity index is 343. The van der Waals surface area contributed by atoms with Crippen molar-refractivity contribution in [2.75, 3.05) is 12.8 Å². The molecule has 0 heterocycles. The molecule has 1 rings (SSSR count). The van der Waals surface area contributed by atoms with Gasteiger partial charge in [-0.2, -0.15) is 0 Å². The Hall–Kier alpha value is -0.650. The fraction of sp³-hybridized carbons (Fsp3) is 0.556. The lowest BCUT2D eigenvalue weighted by Gasteiger charge is -2.14. The largest absolute Gasteiger partial charge is 0.387 e. The van der Waals surface area contributed by atoms with E-state index in [2.05, 4.69) is 4.72 Å². The van der Waals surface area contributed by atoms with Crippen LogP contribution in [0, 0.1) is 0 Å². The third kappa shape index (κ3) is 4.04. The summed E-state index contributed by atoms with van der Waals surface area (Å²) in [4.78, 5) is 0. The van der Waals surface area contributed by atoms with Crippen molar-refractivity contribution in [1.29, 1.82) is 0 Å². The number of sulfonamides is 1. The van der Waals surface area contributed by atoms with Crippen LogP contribution < -0.4 is 4.72 Å². The van der Waals surface area contributed by atoms with E-state index in [-0.39, 0.29) is 6.54 Å². The van der Waals surface area contributed by atoms with Gasteiger partial charge in [0.15, 0.2) is 0 Å². The highest BCUT2D eigenvalue weighted by Gasteiger charge is 2.11. The van der Waals surface area contributed by atoms with Crippen molar-refractivity contribution in [3.05, 3.63) is 23.8 Å². The summed E-state index contributed by atoms with van der Waals surface area (Å²) in [5.74, 6) is 0. The molecule has 2 N–H and O–H groups in total. The molecule has 0 aromatic heterocycles. The molecule has 1 atom stereocenters. The van der Waals surface area contributed by atoms with Crippen molar-refractivity contribution >= 4 is 10.0 Å². The zero-order chi connectivity index (χ0) is 10.6. The van der Waals surface area contributed by atoms with Gasteiger partial charge in [-0.15, -0.1) is 0 Å². The van der Waals surface area contributed by atoms with Crippen molar-refractivity contribution in [2.24, 2.45) is 0 Å². The number of aliphatic hydroxyl groups is 1. The quantitative estimate of drug-likeness (QED) is 0.705. The minimum Gasteiger partial charge on any atom is -0.387 e. The summed E-state index contributed by atoms with van der Waals surface area (Å²) in [6.45, 7) is 0.0367. The van der Waals surface area contributed by atoms with Gasteiger partial charge >= 0.3 is 0 Å². The molecule has 1 aliphatic rings. The van der Waals surface area contributed by atoms with Crippen LogP contribution in [0.5, 0.6) is 0 Å². The molecule has 0 aromatic carbocycles. The molecule has 0 aliphatic heterocycles. The molecule has 1 unspecified atom stereocenters. The molecule has 4 nitrogen and oxygen atoms in total. The average Bonchev–Trinajstić information content (AvgIpc) is 2.14. The van der Waals surface area contributed by atoms with Crippen molar-refractivity contribution in [3.8, 4) is 0 Å². The Morgan fingerprint density at radius 1 is 1.57 bits per heavy atom. The summed E-state index contributed by atoms with van der Waals surface area (Å²) in [6, 6.07) is 0. The predicted octanol–water partition coefficient (Wildman–Crippen LogP) is 0.173. The van der Waals surface area contributed by atoms with Gasteiger partial charge in [-0.3, -0.25) is 0 Å². The van der Waals surface area contributed by atoms with Crippen LogP contribution >= 0.6 is 0 Å².